The molecule has 0 amide bonds. The van der Waals surface area contributed by atoms with Crippen molar-refractivity contribution < 1.29 is 38.0 Å². The maximum atomic E-state index is 12.7. The van der Waals surface area contributed by atoms with Crippen LogP contribution in [0.4, 0.5) is 0 Å². The van der Waals surface area contributed by atoms with Gasteiger partial charge in [0.2, 0.25) is 0 Å². The Bertz CT molecular complexity index is 1260. The van der Waals surface area contributed by atoms with Crippen LogP contribution in [0.2, 0.25) is 0 Å². The van der Waals surface area contributed by atoms with E-state index in [4.69, 9.17) is 28.4 Å². The Balaban J connectivity index is 1.80. The first-order valence-electron chi connectivity index (χ1n) is 20.3. The average Bonchev–Trinajstić information content (AvgIpc) is 3.16. The maximum absolute atomic E-state index is 12.7. The van der Waals surface area contributed by atoms with Gasteiger partial charge in [0.1, 0.15) is 24.7 Å². The molecule has 290 valence electrons. The van der Waals surface area contributed by atoms with Gasteiger partial charge in [-0.1, -0.05) is 140 Å². The minimum Gasteiger partial charge on any atom is -0.488 e. The fourth-order valence-electron chi connectivity index (χ4n) is 6.12. The molecule has 0 aromatic heterocycles. The molecule has 8 nitrogen and oxygen atoms in total. The van der Waals surface area contributed by atoms with Crippen LogP contribution >= 0.6 is 0 Å². The minimum absolute atomic E-state index is 0.160. The van der Waals surface area contributed by atoms with Crippen LogP contribution in [0, 0.1) is 0 Å². The van der Waals surface area contributed by atoms with Crippen molar-refractivity contribution in [1.82, 2.24) is 0 Å². The summed E-state index contributed by atoms with van der Waals surface area (Å²) in [5.74, 6) is 0.931. The quantitative estimate of drug-likeness (QED) is 0.0382. The summed E-state index contributed by atoms with van der Waals surface area (Å²) in [5, 5.41) is 3.51. The predicted molar refractivity (Wildman–Crippen MR) is 210 cm³/mol. The van der Waals surface area contributed by atoms with Gasteiger partial charge in [0.25, 0.3) is 0 Å². The highest BCUT2D eigenvalue weighted by Crippen LogP contribution is 2.43. The Morgan fingerprint density at radius 1 is 0.462 bits per heavy atom. The summed E-state index contributed by atoms with van der Waals surface area (Å²) in [7, 11) is 0. The van der Waals surface area contributed by atoms with Crippen molar-refractivity contribution in [3.05, 3.63) is 48.5 Å². The lowest BCUT2D eigenvalue weighted by Crippen LogP contribution is -2.30. The molecule has 0 radical (unpaired) electrons. The van der Waals surface area contributed by atoms with Gasteiger partial charge in [-0.3, -0.25) is 9.59 Å². The highest BCUT2D eigenvalue weighted by atomic mass is 16.6. The van der Waals surface area contributed by atoms with E-state index in [0.717, 1.165) is 72.9 Å². The molecule has 3 aromatic rings. The van der Waals surface area contributed by atoms with Gasteiger partial charge >= 0.3 is 11.9 Å². The second kappa shape index (κ2) is 26.4. The number of hydrogen-bond donors (Lipinski definition) is 0. The molecule has 0 aliphatic rings. The standard InChI is InChI=1S/C44H66O8/c1-5-9-13-15-21-29-47-31-35(51-41(45)27-11-7-3)33-49-43-37-23-17-19-25-39(37)44(40-26-20-18-24-38(40)43)50-34-36(52-42(46)28-12-8-4)32-48-30-22-16-14-10-6-2/h17-20,23-26,35-36H,5-16,21-22,27-34H2,1-4H3. The van der Waals surface area contributed by atoms with Crippen LogP contribution in [0.5, 0.6) is 11.5 Å². The molecule has 0 spiro atoms. The van der Waals surface area contributed by atoms with E-state index < -0.39 is 12.2 Å². The molecule has 3 aromatic carbocycles. The number of unbranched alkanes of at least 4 members (excludes halogenated alkanes) is 10. The van der Waals surface area contributed by atoms with Gasteiger partial charge in [-0.25, -0.2) is 0 Å². The van der Waals surface area contributed by atoms with E-state index in [2.05, 4.69) is 27.7 Å². The molecular formula is C44H66O8. The molecule has 0 saturated heterocycles. The van der Waals surface area contributed by atoms with Crippen LogP contribution in [0.15, 0.2) is 48.5 Å². The van der Waals surface area contributed by atoms with Gasteiger partial charge in [-0.05, 0) is 25.7 Å². The summed E-state index contributed by atoms with van der Waals surface area (Å²) < 4.78 is 36.9. The summed E-state index contributed by atoms with van der Waals surface area (Å²) in [5.41, 5.74) is 0. The highest BCUT2D eigenvalue weighted by Gasteiger charge is 2.22. The number of rotatable bonds is 30. The Kier molecular flexibility index (Phi) is 21.9. The van der Waals surface area contributed by atoms with Gasteiger partial charge in [-0.2, -0.15) is 0 Å². The van der Waals surface area contributed by atoms with Crippen molar-refractivity contribution in [3.8, 4) is 11.5 Å². The third kappa shape index (κ3) is 15.7. The highest BCUT2D eigenvalue weighted by molar-refractivity contribution is 6.11. The molecule has 3 rings (SSSR count). The van der Waals surface area contributed by atoms with Crippen LogP contribution in [-0.4, -0.2) is 63.8 Å². The zero-order chi connectivity index (χ0) is 37.2. The summed E-state index contributed by atoms with van der Waals surface area (Å²) in [6.45, 7) is 10.7. The third-order valence-electron chi connectivity index (χ3n) is 9.12. The number of carbonyl (C=O) groups excluding carboxylic acids is 2. The van der Waals surface area contributed by atoms with Crippen LogP contribution in [0.1, 0.15) is 130 Å². The number of benzene rings is 3. The summed E-state index contributed by atoms with van der Waals surface area (Å²) >= 11 is 0. The fraction of sp³-hybridized carbons (Fsp3) is 0.636. The van der Waals surface area contributed by atoms with E-state index in [1.54, 1.807) is 0 Å². The lowest BCUT2D eigenvalue weighted by Gasteiger charge is -2.23. The van der Waals surface area contributed by atoms with Gasteiger partial charge in [0.15, 0.2) is 12.2 Å². The summed E-state index contributed by atoms with van der Waals surface area (Å²) in [6.07, 6.45) is 14.6. The minimum atomic E-state index is -0.539. The second-order valence-electron chi connectivity index (χ2n) is 13.8. The fourth-order valence-corrected chi connectivity index (χ4v) is 6.12. The van der Waals surface area contributed by atoms with Gasteiger partial charge in [0, 0.05) is 47.6 Å². The van der Waals surface area contributed by atoms with E-state index >= 15 is 0 Å². The lowest BCUT2D eigenvalue weighted by atomic mass is 10.0. The Hall–Kier alpha value is -3.36. The Labute approximate surface area is 313 Å². The number of ether oxygens (including phenoxy) is 6. The molecule has 0 aliphatic carbocycles. The molecule has 0 fully saturated rings. The van der Waals surface area contributed by atoms with Crippen molar-refractivity contribution in [2.45, 2.75) is 143 Å². The molecule has 0 saturated carbocycles. The molecular weight excluding hydrogens is 656 g/mol. The average molecular weight is 723 g/mol. The lowest BCUT2D eigenvalue weighted by molar-refractivity contribution is -0.155. The molecule has 8 heteroatoms. The SMILES string of the molecule is CCCCCCCOCC(COc1c2ccccc2c(OCC(COCCCCCCC)OC(=O)CCCC)c2ccccc12)OC(=O)CCCC. The third-order valence-corrected chi connectivity index (χ3v) is 9.12. The van der Waals surface area contributed by atoms with Crippen LogP contribution in [0.25, 0.3) is 21.5 Å². The van der Waals surface area contributed by atoms with E-state index in [1.165, 1.54) is 38.5 Å². The van der Waals surface area contributed by atoms with Crippen molar-refractivity contribution >= 4 is 33.5 Å². The smallest absolute Gasteiger partial charge is 0.306 e. The van der Waals surface area contributed by atoms with Crippen LogP contribution < -0.4 is 9.47 Å². The number of hydrogen-bond acceptors (Lipinski definition) is 8. The number of esters is 2. The van der Waals surface area contributed by atoms with E-state index in [9.17, 15) is 9.59 Å². The first-order chi connectivity index (χ1) is 25.5. The topological polar surface area (TPSA) is 89.5 Å². The van der Waals surface area contributed by atoms with Gasteiger partial charge in [0.05, 0.1) is 13.2 Å². The number of fused-ring (bicyclic) bond motifs is 2. The summed E-state index contributed by atoms with van der Waals surface area (Å²) in [6, 6.07) is 16.0. The van der Waals surface area contributed by atoms with E-state index in [1.807, 2.05) is 48.5 Å². The maximum Gasteiger partial charge on any atom is 0.306 e. The molecule has 0 N–H and O–H groups in total. The van der Waals surface area contributed by atoms with Crippen molar-refractivity contribution in [1.29, 1.82) is 0 Å². The van der Waals surface area contributed by atoms with Crippen LogP contribution in [-0.2, 0) is 28.5 Å². The van der Waals surface area contributed by atoms with Crippen molar-refractivity contribution in [3.63, 3.8) is 0 Å². The van der Waals surface area contributed by atoms with E-state index in [0.29, 0.717) is 37.6 Å². The number of carbonyl (C=O) groups is 2. The molecule has 2 unspecified atom stereocenters. The summed E-state index contributed by atoms with van der Waals surface area (Å²) in [4.78, 5) is 25.4. The zero-order valence-electron chi connectivity index (χ0n) is 32.6. The predicted octanol–water partition coefficient (Wildman–Crippen LogP) is 10.9. The molecule has 0 heterocycles. The zero-order valence-corrected chi connectivity index (χ0v) is 32.6. The molecule has 2 atom stereocenters. The first kappa shape index (κ1) is 43.0. The van der Waals surface area contributed by atoms with Crippen molar-refractivity contribution in [2.24, 2.45) is 0 Å². The van der Waals surface area contributed by atoms with Gasteiger partial charge < -0.3 is 28.4 Å². The van der Waals surface area contributed by atoms with Crippen molar-refractivity contribution in [2.75, 3.05) is 39.6 Å². The largest absolute Gasteiger partial charge is 0.488 e. The van der Waals surface area contributed by atoms with E-state index in [-0.39, 0.29) is 38.4 Å². The Morgan fingerprint density at radius 3 is 1.15 bits per heavy atom. The Morgan fingerprint density at radius 2 is 0.808 bits per heavy atom. The van der Waals surface area contributed by atoms with Crippen LogP contribution in [0.3, 0.4) is 0 Å². The normalized spacial score (nSPS) is 12.5. The van der Waals surface area contributed by atoms with Gasteiger partial charge in [-0.15, -0.1) is 0 Å². The molecule has 0 aliphatic heterocycles. The molecule has 52 heavy (non-hydrogen) atoms. The molecule has 0 bridgehead atoms. The monoisotopic (exact) mass is 722 g/mol. The first-order valence-corrected chi connectivity index (χ1v) is 20.3. The second-order valence-corrected chi connectivity index (χ2v) is 13.8.